The Morgan fingerprint density at radius 1 is 0.833 bits per heavy atom. The van der Waals surface area contributed by atoms with Crippen molar-refractivity contribution in [2.24, 2.45) is 0 Å². The van der Waals surface area contributed by atoms with Crippen LogP contribution in [0.2, 0.25) is 0 Å². The Morgan fingerprint density at radius 2 is 1.43 bits per heavy atom. The minimum absolute atomic E-state index is 0.162. The number of anilines is 1. The normalized spacial score (nSPS) is 11.2. The molecule has 0 heterocycles. The monoisotopic (exact) mass is 422 g/mol. The quantitative estimate of drug-likeness (QED) is 0.575. The summed E-state index contributed by atoms with van der Waals surface area (Å²) in [6.45, 7) is 3.87. The maximum absolute atomic E-state index is 13.5. The van der Waals surface area contributed by atoms with Gasteiger partial charge in [-0.15, -0.1) is 0 Å². The van der Waals surface area contributed by atoms with E-state index in [9.17, 15) is 13.2 Å². The van der Waals surface area contributed by atoms with Gasteiger partial charge in [-0.2, -0.15) is 0 Å². The third-order valence-electron chi connectivity index (χ3n) is 4.96. The topological polar surface area (TPSA) is 57.7 Å². The molecule has 0 saturated carbocycles. The average Bonchev–Trinajstić information content (AvgIpc) is 2.73. The number of rotatable bonds is 7. The first kappa shape index (κ1) is 21.6. The largest absolute Gasteiger partial charge is 0.340 e. The standard InChI is InChI=1S/C24H26N2O3S/c1-19-13-15-22(16-14-19)30(28,29)26(23-12-8-7-9-20(23)2)18-24(27)25(3)17-21-10-5-4-6-11-21/h4-16H,17-18H2,1-3H3. The van der Waals surface area contributed by atoms with Crippen LogP contribution in [0.25, 0.3) is 0 Å². The van der Waals surface area contributed by atoms with Gasteiger partial charge >= 0.3 is 0 Å². The second-order valence-corrected chi connectivity index (χ2v) is 9.21. The zero-order chi connectivity index (χ0) is 21.7. The van der Waals surface area contributed by atoms with E-state index >= 15 is 0 Å². The second kappa shape index (κ2) is 9.13. The van der Waals surface area contributed by atoms with Crippen LogP contribution in [0.3, 0.4) is 0 Å². The summed E-state index contributed by atoms with van der Waals surface area (Å²) < 4.78 is 28.1. The molecule has 0 bridgehead atoms. The molecule has 5 nitrogen and oxygen atoms in total. The molecular weight excluding hydrogens is 396 g/mol. The van der Waals surface area contributed by atoms with Gasteiger partial charge in [-0.3, -0.25) is 9.10 Å². The van der Waals surface area contributed by atoms with Gasteiger partial charge in [-0.05, 0) is 43.2 Å². The zero-order valence-corrected chi connectivity index (χ0v) is 18.3. The highest BCUT2D eigenvalue weighted by atomic mass is 32.2. The van der Waals surface area contributed by atoms with Gasteiger partial charge in [0.25, 0.3) is 10.0 Å². The summed E-state index contributed by atoms with van der Waals surface area (Å²) in [5.74, 6) is -0.280. The van der Waals surface area contributed by atoms with E-state index in [1.165, 1.54) is 4.31 Å². The predicted molar refractivity (Wildman–Crippen MR) is 120 cm³/mol. The van der Waals surface area contributed by atoms with Crippen LogP contribution in [-0.2, 0) is 21.4 Å². The molecule has 0 N–H and O–H groups in total. The van der Waals surface area contributed by atoms with Crippen molar-refractivity contribution in [3.05, 3.63) is 95.6 Å². The number of carbonyl (C=O) groups is 1. The van der Waals surface area contributed by atoms with E-state index in [2.05, 4.69) is 0 Å². The summed E-state index contributed by atoms with van der Waals surface area (Å²) in [5, 5.41) is 0. The molecule has 0 aliphatic rings. The van der Waals surface area contributed by atoms with Gasteiger partial charge in [-0.25, -0.2) is 8.42 Å². The second-order valence-electron chi connectivity index (χ2n) is 7.35. The van der Waals surface area contributed by atoms with Crippen molar-refractivity contribution in [1.82, 2.24) is 4.90 Å². The number of para-hydroxylation sites is 1. The van der Waals surface area contributed by atoms with E-state index in [0.717, 1.165) is 16.7 Å². The molecule has 30 heavy (non-hydrogen) atoms. The maximum atomic E-state index is 13.5. The SMILES string of the molecule is Cc1ccc(S(=O)(=O)N(CC(=O)N(C)Cc2ccccc2)c2ccccc2C)cc1. The predicted octanol–water partition coefficient (Wildman–Crippen LogP) is 4.16. The fourth-order valence-corrected chi connectivity index (χ4v) is 4.65. The van der Waals surface area contributed by atoms with Crippen molar-refractivity contribution < 1.29 is 13.2 Å². The number of nitrogens with zero attached hydrogens (tertiary/aromatic N) is 2. The van der Waals surface area contributed by atoms with E-state index in [1.54, 1.807) is 48.3 Å². The molecule has 0 atom stereocenters. The summed E-state index contributed by atoms with van der Waals surface area (Å²) >= 11 is 0. The Hall–Kier alpha value is -3.12. The molecule has 0 aliphatic carbocycles. The highest BCUT2D eigenvalue weighted by Crippen LogP contribution is 2.27. The van der Waals surface area contributed by atoms with Crippen molar-refractivity contribution >= 4 is 21.6 Å². The van der Waals surface area contributed by atoms with E-state index in [1.807, 2.05) is 56.3 Å². The number of carbonyl (C=O) groups excluding carboxylic acids is 1. The molecule has 0 aromatic heterocycles. The van der Waals surface area contributed by atoms with E-state index in [0.29, 0.717) is 12.2 Å². The van der Waals surface area contributed by atoms with Crippen LogP contribution < -0.4 is 4.31 Å². The first-order valence-electron chi connectivity index (χ1n) is 9.72. The Kier molecular flexibility index (Phi) is 6.57. The van der Waals surface area contributed by atoms with Crippen LogP contribution in [0.4, 0.5) is 5.69 Å². The van der Waals surface area contributed by atoms with Crippen molar-refractivity contribution in [3.8, 4) is 0 Å². The fraction of sp³-hybridized carbons (Fsp3) is 0.208. The van der Waals surface area contributed by atoms with Crippen molar-refractivity contribution in [3.63, 3.8) is 0 Å². The summed E-state index contributed by atoms with van der Waals surface area (Å²) in [5.41, 5.74) is 3.23. The third kappa shape index (κ3) is 4.89. The lowest BCUT2D eigenvalue weighted by molar-refractivity contribution is -0.128. The molecule has 1 amide bonds. The van der Waals surface area contributed by atoms with E-state index in [4.69, 9.17) is 0 Å². The summed E-state index contributed by atoms with van der Waals surface area (Å²) in [4.78, 5) is 14.7. The lowest BCUT2D eigenvalue weighted by Gasteiger charge is -2.28. The Morgan fingerprint density at radius 3 is 2.07 bits per heavy atom. The summed E-state index contributed by atoms with van der Waals surface area (Å²) in [7, 11) is -2.22. The van der Waals surface area contributed by atoms with Crippen LogP contribution in [0.5, 0.6) is 0 Å². The number of benzene rings is 3. The molecule has 3 aromatic rings. The van der Waals surface area contributed by atoms with Gasteiger partial charge < -0.3 is 4.90 Å². The van der Waals surface area contributed by atoms with Crippen LogP contribution in [-0.4, -0.2) is 32.8 Å². The third-order valence-corrected chi connectivity index (χ3v) is 6.73. The number of hydrogen-bond acceptors (Lipinski definition) is 3. The van der Waals surface area contributed by atoms with Gasteiger partial charge in [0, 0.05) is 13.6 Å². The number of likely N-dealkylation sites (N-methyl/N-ethyl adjacent to an activating group) is 1. The van der Waals surface area contributed by atoms with Crippen molar-refractivity contribution in [1.29, 1.82) is 0 Å². The maximum Gasteiger partial charge on any atom is 0.264 e. The highest BCUT2D eigenvalue weighted by Gasteiger charge is 2.29. The lowest BCUT2D eigenvalue weighted by Crippen LogP contribution is -2.41. The number of amides is 1. The molecule has 3 aromatic carbocycles. The van der Waals surface area contributed by atoms with Gasteiger partial charge in [0.2, 0.25) is 5.91 Å². The first-order chi connectivity index (χ1) is 14.3. The van der Waals surface area contributed by atoms with Crippen LogP contribution in [0.15, 0.2) is 83.8 Å². The Bertz CT molecular complexity index is 1110. The van der Waals surface area contributed by atoms with Crippen molar-refractivity contribution in [2.45, 2.75) is 25.3 Å². The van der Waals surface area contributed by atoms with Gasteiger partial charge in [-0.1, -0.05) is 66.2 Å². The minimum Gasteiger partial charge on any atom is -0.340 e. The molecule has 0 fully saturated rings. The highest BCUT2D eigenvalue weighted by molar-refractivity contribution is 7.92. The fourth-order valence-electron chi connectivity index (χ4n) is 3.17. The van der Waals surface area contributed by atoms with Crippen LogP contribution in [0, 0.1) is 13.8 Å². The molecule has 0 aliphatic heterocycles. The van der Waals surface area contributed by atoms with Gasteiger partial charge in [0.15, 0.2) is 0 Å². The molecule has 0 unspecified atom stereocenters. The molecule has 0 spiro atoms. The smallest absolute Gasteiger partial charge is 0.264 e. The van der Waals surface area contributed by atoms with Gasteiger partial charge in [0.1, 0.15) is 6.54 Å². The molecular formula is C24H26N2O3S. The minimum atomic E-state index is -3.91. The van der Waals surface area contributed by atoms with Gasteiger partial charge in [0.05, 0.1) is 10.6 Å². The summed E-state index contributed by atoms with van der Waals surface area (Å²) in [6, 6.07) is 23.5. The average molecular weight is 423 g/mol. The number of hydrogen-bond donors (Lipinski definition) is 0. The molecule has 6 heteroatoms. The number of aryl methyl sites for hydroxylation is 2. The van der Waals surface area contributed by atoms with E-state index < -0.39 is 10.0 Å². The van der Waals surface area contributed by atoms with Crippen LogP contribution in [0.1, 0.15) is 16.7 Å². The lowest BCUT2D eigenvalue weighted by atomic mass is 10.2. The zero-order valence-electron chi connectivity index (χ0n) is 17.4. The van der Waals surface area contributed by atoms with Crippen LogP contribution >= 0.6 is 0 Å². The molecule has 0 saturated heterocycles. The van der Waals surface area contributed by atoms with E-state index in [-0.39, 0.29) is 17.3 Å². The number of sulfonamides is 1. The molecule has 0 radical (unpaired) electrons. The first-order valence-corrected chi connectivity index (χ1v) is 11.2. The molecule has 156 valence electrons. The molecule has 3 rings (SSSR count). The Balaban J connectivity index is 1.93. The Labute approximate surface area is 178 Å². The van der Waals surface area contributed by atoms with Crippen molar-refractivity contribution in [2.75, 3.05) is 17.9 Å². The summed E-state index contributed by atoms with van der Waals surface area (Å²) in [6.07, 6.45) is 0.